The van der Waals surface area contributed by atoms with E-state index in [0.717, 1.165) is 51.7 Å². The maximum atomic E-state index is 11.8. The highest BCUT2D eigenvalue weighted by atomic mass is 16.6. The van der Waals surface area contributed by atoms with Gasteiger partial charge in [-0.1, -0.05) is 6.92 Å². The molecule has 1 saturated carbocycles. The van der Waals surface area contributed by atoms with Gasteiger partial charge in [0.05, 0.1) is 6.10 Å². The van der Waals surface area contributed by atoms with Crippen molar-refractivity contribution in [2.45, 2.75) is 96.9 Å². The van der Waals surface area contributed by atoms with Crippen molar-refractivity contribution >= 4 is 6.09 Å². The third-order valence-electron chi connectivity index (χ3n) is 4.17. The molecule has 0 aliphatic heterocycles. The second kappa shape index (κ2) is 10.1. The first-order chi connectivity index (χ1) is 10.8. The molecule has 2 N–H and O–H groups in total. The van der Waals surface area contributed by atoms with Gasteiger partial charge in [-0.25, -0.2) is 4.79 Å². The standard InChI is InChI=1S/C18H36N2O3/c1-6-14(2)19-12-7-13-22-16-10-8-15(9-11-16)20-17(21)23-18(3,4)5/h14-16,19H,6-13H2,1-5H3,(H,20,21). The van der Waals surface area contributed by atoms with E-state index >= 15 is 0 Å². The molecule has 1 amide bonds. The zero-order valence-electron chi connectivity index (χ0n) is 15.6. The molecule has 0 spiro atoms. The van der Waals surface area contributed by atoms with Crippen molar-refractivity contribution in [1.29, 1.82) is 0 Å². The van der Waals surface area contributed by atoms with Crippen molar-refractivity contribution < 1.29 is 14.3 Å². The molecule has 0 aromatic carbocycles. The monoisotopic (exact) mass is 328 g/mol. The van der Waals surface area contributed by atoms with E-state index in [1.54, 1.807) is 0 Å². The number of nitrogens with one attached hydrogen (secondary N) is 2. The second-order valence-corrected chi connectivity index (χ2v) is 7.61. The summed E-state index contributed by atoms with van der Waals surface area (Å²) in [6.07, 6.45) is 6.21. The van der Waals surface area contributed by atoms with E-state index in [-0.39, 0.29) is 12.1 Å². The number of alkyl carbamates (subject to hydrolysis) is 1. The number of amides is 1. The summed E-state index contributed by atoms with van der Waals surface area (Å²) in [7, 11) is 0. The maximum absolute atomic E-state index is 11.8. The van der Waals surface area contributed by atoms with Gasteiger partial charge in [-0.05, 0) is 72.8 Å². The van der Waals surface area contributed by atoms with Crippen LogP contribution in [0, 0.1) is 0 Å². The van der Waals surface area contributed by atoms with E-state index in [9.17, 15) is 4.79 Å². The van der Waals surface area contributed by atoms with Gasteiger partial charge in [-0.2, -0.15) is 0 Å². The Labute approximate surface area is 141 Å². The lowest BCUT2D eigenvalue weighted by Crippen LogP contribution is -2.41. The van der Waals surface area contributed by atoms with Crippen LogP contribution in [0.15, 0.2) is 0 Å². The number of carbonyl (C=O) groups is 1. The molecule has 5 nitrogen and oxygen atoms in total. The summed E-state index contributed by atoms with van der Waals surface area (Å²) >= 11 is 0. The molecule has 0 aromatic rings. The summed E-state index contributed by atoms with van der Waals surface area (Å²) in [4.78, 5) is 11.8. The minimum absolute atomic E-state index is 0.219. The van der Waals surface area contributed by atoms with Gasteiger partial charge in [0.2, 0.25) is 0 Å². The average molecular weight is 328 g/mol. The number of hydrogen-bond acceptors (Lipinski definition) is 4. The SMILES string of the molecule is CCC(C)NCCCOC1CCC(NC(=O)OC(C)(C)C)CC1. The fraction of sp³-hybridized carbons (Fsp3) is 0.944. The zero-order valence-corrected chi connectivity index (χ0v) is 15.6. The second-order valence-electron chi connectivity index (χ2n) is 7.61. The Morgan fingerprint density at radius 1 is 1.22 bits per heavy atom. The Kier molecular flexibility index (Phi) is 8.92. The van der Waals surface area contributed by atoms with Crippen molar-refractivity contribution in [2.24, 2.45) is 0 Å². The molecule has 0 aromatic heterocycles. The Balaban J connectivity index is 2.08. The van der Waals surface area contributed by atoms with Crippen LogP contribution in [-0.4, -0.2) is 43.0 Å². The van der Waals surface area contributed by atoms with Crippen molar-refractivity contribution in [1.82, 2.24) is 10.6 Å². The average Bonchev–Trinajstić information content (AvgIpc) is 2.46. The van der Waals surface area contributed by atoms with Crippen LogP contribution in [0.4, 0.5) is 4.79 Å². The highest BCUT2D eigenvalue weighted by molar-refractivity contribution is 5.68. The predicted octanol–water partition coefficient (Wildman–Crippen LogP) is 3.62. The Morgan fingerprint density at radius 2 is 1.87 bits per heavy atom. The molecule has 23 heavy (non-hydrogen) atoms. The lowest BCUT2D eigenvalue weighted by molar-refractivity contribution is 0.0169. The summed E-state index contributed by atoms with van der Waals surface area (Å²) in [6, 6.07) is 0.807. The van der Waals surface area contributed by atoms with Crippen LogP contribution >= 0.6 is 0 Å². The van der Waals surface area contributed by atoms with E-state index in [1.165, 1.54) is 0 Å². The van der Waals surface area contributed by atoms with Crippen molar-refractivity contribution in [3.8, 4) is 0 Å². The molecule has 5 heteroatoms. The van der Waals surface area contributed by atoms with Gasteiger partial charge in [-0.15, -0.1) is 0 Å². The molecular formula is C18H36N2O3. The molecule has 1 fully saturated rings. The van der Waals surface area contributed by atoms with Crippen LogP contribution in [0.1, 0.15) is 73.1 Å². The minimum Gasteiger partial charge on any atom is -0.444 e. The summed E-state index contributed by atoms with van der Waals surface area (Å²) < 4.78 is 11.2. The normalized spacial score (nSPS) is 23.3. The summed E-state index contributed by atoms with van der Waals surface area (Å²) in [5.74, 6) is 0. The van der Waals surface area contributed by atoms with Gasteiger partial charge in [-0.3, -0.25) is 0 Å². The summed E-state index contributed by atoms with van der Waals surface area (Å²) in [6.45, 7) is 11.9. The molecule has 0 saturated heterocycles. The molecule has 136 valence electrons. The van der Waals surface area contributed by atoms with Gasteiger partial charge in [0.15, 0.2) is 0 Å². The first-order valence-electron chi connectivity index (χ1n) is 9.14. The van der Waals surface area contributed by atoms with E-state index in [0.29, 0.717) is 12.1 Å². The third-order valence-corrected chi connectivity index (χ3v) is 4.17. The van der Waals surface area contributed by atoms with E-state index in [2.05, 4.69) is 24.5 Å². The van der Waals surface area contributed by atoms with Gasteiger partial charge in [0.25, 0.3) is 0 Å². The highest BCUT2D eigenvalue weighted by Crippen LogP contribution is 2.21. The van der Waals surface area contributed by atoms with Crippen molar-refractivity contribution in [3.63, 3.8) is 0 Å². The van der Waals surface area contributed by atoms with E-state index < -0.39 is 5.60 Å². The lowest BCUT2D eigenvalue weighted by Gasteiger charge is -2.30. The topological polar surface area (TPSA) is 59.6 Å². The van der Waals surface area contributed by atoms with Crippen molar-refractivity contribution in [3.05, 3.63) is 0 Å². The summed E-state index contributed by atoms with van der Waals surface area (Å²) in [5, 5.41) is 6.44. The molecule has 0 bridgehead atoms. The Morgan fingerprint density at radius 3 is 2.43 bits per heavy atom. The van der Waals surface area contributed by atoms with Crippen LogP contribution in [0.25, 0.3) is 0 Å². The van der Waals surface area contributed by atoms with E-state index in [1.807, 2.05) is 20.8 Å². The molecule has 0 heterocycles. The van der Waals surface area contributed by atoms with Crippen LogP contribution in [0.2, 0.25) is 0 Å². The molecule has 1 atom stereocenters. The smallest absolute Gasteiger partial charge is 0.407 e. The third kappa shape index (κ3) is 9.82. The largest absolute Gasteiger partial charge is 0.444 e. The van der Waals surface area contributed by atoms with Crippen LogP contribution in [0.3, 0.4) is 0 Å². The van der Waals surface area contributed by atoms with E-state index in [4.69, 9.17) is 9.47 Å². The number of rotatable bonds is 8. The van der Waals surface area contributed by atoms with Crippen LogP contribution < -0.4 is 10.6 Å². The molecule has 0 radical (unpaired) electrons. The first kappa shape index (κ1) is 20.2. The predicted molar refractivity (Wildman–Crippen MR) is 93.7 cm³/mol. The molecule has 1 aliphatic rings. The molecule has 1 aliphatic carbocycles. The van der Waals surface area contributed by atoms with Crippen molar-refractivity contribution in [2.75, 3.05) is 13.2 Å². The molecule has 1 unspecified atom stereocenters. The Bertz CT molecular complexity index is 334. The fourth-order valence-corrected chi connectivity index (χ4v) is 2.66. The maximum Gasteiger partial charge on any atom is 0.407 e. The number of carbonyl (C=O) groups excluding carboxylic acids is 1. The quantitative estimate of drug-likeness (QED) is 0.668. The molecule has 1 rings (SSSR count). The number of ether oxygens (including phenoxy) is 2. The van der Waals surface area contributed by atoms with Crippen LogP contribution in [-0.2, 0) is 9.47 Å². The Hall–Kier alpha value is -0.810. The highest BCUT2D eigenvalue weighted by Gasteiger charge is 2.24. The number of hydrogen-bond donors (Lipinski definition) is 2. The lowest BCUT2D eigenvalue weighted by atomic mass is 9.93. The zero-order chi connectivity index (χ0) is 17.3. The van der Waals surface area contributed by atoms with Gasteiger partial charge < -0.3 is 20.1 Å². The molecular weight excluding hydrogens is 292 g/mol. The summed E-state index contributed by atoms with van der Waals surface area (Å²) in [5.41, 5.74) is -0.437. The van der Waals surface area contributed by atoms with Gasteiger partial charge in [0.1, 0.15) is 5.60 Å². The van der Waals surface area contributed by atoms with Crippen LogP contribution in [0.5, 0.6) is 0 Å². The first-order valence-corrected chi connectivity index (χ1v) is 9.14. The van der Waals surface area contributed by atoms with Gasteiger partial charge >= 0.3 is 6.09 Å². The minimum atomic E-state index is -0.437. The fourth-order valence-electron chi connectivity index (χ4n) is 2.66. The van der Waals surface area contributed by atoms with Gasteiger partial charge in [0, 0.05) is 18.7 Å².